The summed E-state index contributed by atoms with van der Waals surface area (Å²) in [6.07, 6.45) is -0.455. The first-order valence-corrected chi connectivity index (χ1v) is 6.80. The molecule has 0 atom stereocenters. The lowest BCUT2D eigenvalue weighted by atomic mass is 10.2. The molecule has 102 valence electrons. The van der Waals surface area contributed by atoms with Gasteiger partial charge in [0.2, 0.25) is 6.29 Å². The SMILES string of the molecule is COc1cc(Cl)ccc1-c1nc(C(OC)OC)cs1. The smallest absolute Gasteiger partial charge is 0.201 e. The minimum atomic E-state index is -0.455. The Morgan fingerprint density at radius 1 is 1.21 bits per heavy atom. The fourth-order valence-electron chi connectivity index (χ4n) is 1.70. The zero-order chi connectivity index (χ0) is 13.8. The van der Waals surface area contributed by atoms with Crippen LogP contribution in [0.25, 0.3) is 10.6 Å². The number of benzene rings is 1. The Morgan fingerprint density at radius 2 is 1.95 bits per heavy atom. The number of halogens is 1. The van der Waals surface area contributed by atoms with Gasteiger partial charge in [0.05, 0.1) is 12.7 Å². The Kier molecular flexibility index (Phi) is 4.76. The Morgan fingerprint density at radius 3 is 2.58 bits per heavy atom. The van der Waals surface area contributed by atoms with Crippen LogP contribution in [-0.2, 0) is 9.47 Å². The van der Waals surface area contributed by atoms with Gasteiger partial charge in [-0.3, -0.25) is 0 Å². The first-order chi connectivity index (χ1) is 9.19. The van der Waals surface area contributed by atoms with Gasteiger partial charge in [-0.25, -0.2) is 4.98 Å². The molecular formula is C13H14ClNO3S. The third-order valence-electron chi connectivity index (χ3n) is 2.59. The van der Waals surface area contributed by atoms with E-state index in [9.17, 15) is 0 Å². The summed E-state index contributed by atoms with van der Waals surface area (Å²) >= 11 is 7.45. The van der Waals surface area contributed by atoms with Gasteiger partial charge in [-0.1, -0.05) is 11.6 Å². The highest BCUT2D eigenvalue weighted by atomic mass is 35.5. The maximum absolute atomic E-state index is 5.95. The highest BCUT2D eigenvalue weighted by Gasteiger charge is 2.16. The maximum Gasteiger partial charge on any atom is 0.201 e. The molecule has 6 heteroatoms. The molecule has 1 heterocycles. The van der Waals surface area contributed by atoms with Gasteiger partial charge in [0.1, 0.15) is 16.5 Å². The molecule has 1 aromatic heterocycles. The lowest BCUT2D eigenvalue weighted by molar-refractivity contribution is -0.108. The van der Waals surface area contributed by atoms with E-state index in [1.165, 1.54) is 11.3 Å². The molecule has 0 saturated carbocycles. The van der Waals surface area contributed by atoms with E-state index in [1.54, 1.807) is 27.4 Å². The molecule has 0 aliphatic carbocycles. The highest BCUT2D eigenvalue weighted by Crippen LogP contribution is 2.35. The number of rotatable bonds is 5. The molecule has 0 aliphatic rings. The van der Waals surface area contributed by atoms with Crippen molar-refractivity contribution in [2.24, 2.45) is 0 Å². The molecule has 0 saturated heterocycles. The van der Waals surface area contributed by atoms with E-state index in [4.69, 9.17) is 25.8 Å². The fourth-order valence-corrected chi connectivity index (χ4v) is 2.71. The summed E-state index contributed by atoms with van der Waals surface area (Å²) in [6.45, 7) is 0. The van der Waals surface area contributed by atoms with Crippen molar-refractivity contribution in [1.82, 2.24) is 4.98 Å². The fraction of sp³-hybridized carbons (Fsp3) is 0.308. The number of thiazole rings is 1. The van der Waals surface area contributed by atoms with Crippen molar-refractivity contribution in [2.45, 2.75) is 6.29 Å². The van der Waals surface area contributed by atoms with E-state index in [-0.39, 0.29) is 0 Å². The minimum absolute atomic E-state index is 0.455. The topological polar surface area (TPSA) is 40.6 Å². The average Bonchev–Trinajstić information content (AvgIpc) is 2.89. The predicted octanol–water partition coefficient (Wildman–Crippen LogP) is 3.76. The number of hydrogen-bond donors (Lipinski definition) is 0. The van der Waals surface area contributed by atoms with Gasteiger partial charge in [-0.05, 0) is 18.2 Å². The monoisotopic (exact) mass is 299 g/mol. The molecule has 1 aromatic carbocycles. The summed E-state index contributed by atoms with van der Waals surface area (Å²) in [5.41, 5.74) is 1.64. The summed E-state index contributed by atoms with van der Waals surface area (Å²) in [7, 11) is 4.77. The predicted molar refractivity (Wildman–Crippen MR) is 75.9 cm³/mol. The zero-order valence-electron chi connectivity index (χ0n) is 10.8. The van der Waals surface area contributed by atoms with Gasteiger partial charge in [0.15, 0.2) is 0 Å². The van der Waals surface area contributed by atoms with Crippen LogP contribution in [0.15, 0.2) is 23.6 Å². The lowest BCUT2D eigenvalue weighted by Gasteiger charge is -2.10. The summed E-state index contributed by atoms with van der Waals surface area (Å²) in [4.78, 5) is 4.51. The van der Waals surface area contributed by atoms with E-state index < -0.39 is 6.29 Å². The van der Waals surface area contributed by atoms with Crippen molar-refractivity contribution >= 4 is 22.9 Å². The zero-order valence-corrected chi connectivity index (χ0v) is 12.4. The van der Waals surface area contributed by atoms with Crippen LogP contribution in [0.2, 0.25) is 5.02 Å². The second kappa shape index (κ2) is 6.34. The van der Waals surface area contributed by atoms with Gasteiger partial charge < -0.3 is 14.2 Å². The molecule has 2 rings (SSSR count). The van der Waals surface area contributed by atoms with E-state index in [0.717, 1.165) is 16.3 Å². The van der Waals surface area contributed by atoms with E-state index in [0.29, 0.717) is 10.8 Å². The van der Waals surface area contributed by atoms with E-state index >= 15 is 0 Å². The average molecular weight is 300 g/mol. The highest BCUT2D eigenvalue weighted by molar-refractivity contribution is 7.13. The molecule has 0 amide bonds. The van der Waals surface area contributed by atoms with Crippen molar-refractivity contribution < 1.29 is 14.2 Å². The van der Waals surface area contributed by atoms with Crippen LogP contribution in [0.1, 0.15) is 12.0 Å². The molecule has 0 radical (unpaired) electrons. The van der Waals surface area contributed by atoms with Crippen molar-refractivity contribution in [3.05, 3.63) is 34.3 Å². The standard InChI is InChI=1S/C13H14ClNO3S/c1-16-11-6-8(14)4-5-9(11)12-15-10(7-19-12)13(17-2)18-3/h4-7,13H,1-3H3. The quantitative estimate of drug-likeness (QED) is 0.788. The maximum atomic E-state index is 5.95. The summed E-state index contributed by atoms with van der Waals surface area (Å²) in [5, 5.41) is 3.37. The number of methoxy groups -OCH3 is 3. The second-order valence-corrected chi connectivity index (χ2v) is 5.02. The number of hydrogen-bond acceptors (Lipinski definition) is 5. The molecule has 0 fully saturated rings. The molecule has 0 aliphatic heterocycles. The normalized spacial score (nSPS) is 11.0. The summed E-state index contributed by atoms with van der Waals surface area (Å²) in [6, 6.07) is 5.46. The Balaban J connectivity index is 2.37. The van der Waals surface area contributed by atoms with Crippen molar-refractivity contribution in [2.75, 3.05) is 21.3 Å². The summed E-state index contributed by atoms with van der Waals surface area (Å²) < 4.78 is 15.7. The minimum Gasteiger partial charge on any atom is -0.496 e. The van der Waals surface area contributed by atoms with Crippen molar-refractivity contribution in [1.29, 1.82) is 0 Å². The Hall–Kier alpha value is -1.14. The molecule has 2 aromatic rings. The van der Waals surface area contributed by atoms with Gasteiger partial charge in [0, 0.05) is 24.6 Å². The molecule has 19 heavy (non-hydrogen) atoms. The molecule has 0 unspecified atom stereocenters. The third kappa shape index (κ3) is 3.06. The van der Waals surface area contributed by atoms with Crippen LogP contribution >= 0.6 is 22.9 Å². The number of ether oxygens (including phenoxy) is 3. The van der Waals surface area contributed by atoms with Gasteiger partial charge in [0.25, 0.3) is 0 Å². The van der Waals surface area contributed by atoms with Crippen LogP contribution < -0.4 is 4.74 Å². The molecule has 0 N–H and O–H groups in total. The number of nitrogens with zero attached hydrogens (tertiary/aromatic N) is 1. The first-order valence-electron chi connectivity index (χ1n) is 5.54. The number of aromatic nitrogens is 1. The van der Waals surface area contributed by atoms with Gasteiger partial charge in [-0.15, -0.1) is 11.3 Å². The molecular weight excluding hydrogens is 286 g/mol. The van der Waals surface area contributed by atoms with Gasteiger partial charge >= 0.3 is 0 Å². The van der Waals surface area contributed by atoms with Gasteiger partial charge in [-0.2, -0.15) is 0 Å². The van der Waals surface area contributed by atoms with Crippen molar-refractivity contribution in [3.63, 3.8) is 0 Å². The van der Waals surface area contributed by atoms with Crippen molar-refractivity contribution in [3.8, 4) is 16.3 Å². The molecule has 0 spiro atoms. The van der Waals surface area contributed by atoms with Crippen LogP contribution in [0.3, 0.4) is 0 Å². The van der Waals surface area contributed by atoms with Crippen LogP contribution in [0.5, 0.6) is 5.75 Å². The van der Waals surface area contributed by atoms with E-state index in [1.807, 2.05) is 17.5 Å². The van der Waals surface area contributed by atoms with Crippen LogP contribution in [0, 0.1) is 0 Å². The van der Waals surface area contributed by atoms with E-state index in [2.05, 4.69) is 4.98 Å². The summed E-state index contributed by atoms with van der Waals surface area (Å²) in [5.74, 6) is 0.694. The molecule has 4 nitrogen and oxygen atoms in total. The second-order valence-electron chi connectivity index (χ2n) is 3.73. The Labute approximate surface area is 120 Å². The Bertz CT molecular complexity index is 555. The van der Waals surface area contributed by atoms with Crippen LogP contribution in [0.4, 0.5) is 0 Å². The third-order valence-corrected chi connectivity index (χ3v) is 3.71. The molecule has 0 bridgehead atoms. The first kappa shape index (κ1) is 14.3. The lowest BCUT2D eigenvalue weighted by Crippen LogP contribution is -2.03. The van der Waals surface area contributed by atoms with Crippen LogP contribution in [-0.4, -0.2) is 26.3 Å². The largest absolute Gasteiger partial charge is 0.496 e.